The van der Waals surface area contributed by atoms with E-state index in [4.69, 9.17) is 11.0 Å². The van der Waals surface area contributed by atoms with Crippen LogP contribution in [-0.2, 0) is 0 Å². The number of nitriles is 1. The van der Waals surface area contributed by atoms with E-state index in [1.807, 2.05) is 6.07 Å². The molecular weight excluding hydrogens is 250 g/mol. The fourth-order valence-corrected chi connectivity index (χ4v) is 3.68. The second-order valence-corrected chi connectivity index (χ2v) is 6.13. The van der Waals surface area contributed by atoms with Crippen molar-refractivity contribution in [3.05, 3.63) is 23.8 Å². The van der Waals surface area contributed by atoms with Crippen LogP contribution in [0, 0.1) is 17.2 Å². The van der Waals surface area contributed by atoms with Crippen molar-refractivity contribution in [1.29, 1.82) is 5.26 Å². The van der Waals surface area contributed by atoms with Crippen LogP contribution in [0.2, 0.25) is 0 Å². The molecule has 1 aliphatic carbocycles. The molecule has 0 spiro atoms. The van der Waals surface area contributed by atoms with Crippen molar-refractivity contribution >= 4 is 11.4 Å². The van der Waals surface area contributed by atoms with Crippen LogP contribution in [0.5, 0.6) is 0 Å². The number of piperidine rings is 1. The van der Waals surface area contributed by atoms with E-state index < -0.39 is 5.60 Å². The van der Waals surface area contributed by atoms with E-state index in [0.717, 1.165) is 44.5 Å². The Bertz CT molecular complexity index is 551. The molecule has 0 amide bonds. The lowest BCUT2D eigenvalue weighted by Crippen LogP contribution is -2.53. The van der Waals surface area contributed by atoms with E-state index in [1.165, 1.54) is 6.42 Å². The largest absolute Gasteiger partial charge is 0.397 e. The second-order valence-electron chi connectivity index (χ2n) is 6.13. The van der Waals surface area contributed by atoms with Gasteiger partial charge in [0.1, 0.15) is 0 Å². The molecule has 1 heterocycles. The molecule has 1 saturated carbocycles. The van der Waals surface area contributed by atoms with Crippen LogP contribution in [0.15, 0.2) is 18.2 Å². The maximum absolute atomic E-state index is 10.7. The van der Waals surface area contributed by atoms with Gasteiger partial charge in [-0.15, -0.1) is 0 Å². The summed E-state index contributed by atoms with van der Waals surface area (Å²) in [6.07, 6.45) is 5.16. The molecule has 2 aliphatic rings. The minimum atomic E-state index is -0.476. The number of nitrogens with two attached hydrogens (primary N) is 1. The Hall–Kier alpha value is -1.73. The third kappa shape index (κ3) is 2.23. The zero-order valence-electron chi connectivity index (χ0n) is 11.7. The fourth-order valence-electron chi connectivity index (χ4n) is 3.68. The molecule has 0 radical (unpaired) electrons. The smallest absolute Gasteiger partial charge is 0.0992 e. The highest BCUT2D eigenvalue weighted by Crippen LogP contribution is 2.41. The van der Waals surface area contributed by atoms with Gasteiger partial charge in [0.15, 0.2) is 0 Å². The van der Waals surface area contributed by atoms with E-state index in [2.05, 4.69) is 11.0 Å². The van der Waals surface area contributed by atoms with E-state index in [-0.39, 0.29) is 0 Å². The lowest BCUT2D eigenvalue weighted by molar-refractivity contribution is -0.0612. The Morgan fingerprint density at radius 3 is 3.00 bits per heavy atom. The molecule has 1 aromatic rings. The summed E-state index contributed by atoms with van der Waals surface area (Å²) in [6, 6.07) is 7.58. The lowest BCUT2D eigenvalue weighted by atomic mass is 9.71. The Morgan fingerprint density at radius 2 is 2.20 bits per heavy atom. The van der Waals surface area contributed by atoms with Crippen LogP contribution in [-0.4, -0.2) is 23.8 Å². The van der Waals surface area contributed by atoms with Gasteiger partial charge in [0.25, 0.3) is 0 Å². The summed E-state index contributed by atoms with van der Waals surface area (Å²) in [5.74, 6) is 0.329. The number of hydrogen-bond acceptors (Lipinski definition) is 4. The summed E-state index contributed by atoms with van der Waals surface area (Å²) in [6.45, 7) is 1.65. The first-order valence-corrected chi connectivity index (χ1v) is 7.39. The molecule has 2 fully saturated rings. The molecule has 1 aliphatic heterocycles. The average molecular weight is 271 g/mol. The van der Waals surface area contributed by atoms with Crippen LogP contribution in [0.25, 0.3) is 0 Å². The Labute approximate surface area is 119 Å². The standard InChI is InChI=1S/C16H21N3O/c17-10-12-4-5-14(18)15(9-12)19-8-7-16(20)6-2-1-3-13(16)11-19/h4-5,9,13,20H,1-3,6-8,11,18H2. The molecule has 2 atom stereocenters. The van der Waals surface area contributed by atoms with Crippen molar-refractivity contribution in [2.45, 2.75) is 37.7 Å². The van der Waals surface area contributed by atoms with Crippen molar-refractivity contribution in [3.63, 3.8) is 0 Å². The summed E-state index contributed by atoms with van der Waals surface area (Å²) < 4.78 is 0. The van der Waals surface area contributed by atoms with E-state index in [9.17, 15) is 5.11 Å². The highest BCUT2D eigenvalue weighted by atomic mass is 16.3. The zero-order valence-corrected chi connectivity index (χ0v) is 11.7. The maximum atomic E-state index is 10.7. The Kier molecular flexibility index (Phi) is 3.31. The molecule has 0 aromatic heterocycles. The SMILES string of the molecule is N#Cc1ccc(N)c(N2CCC3(O)CCCCC3C2)c1. The van der Waals surface area contributed by atoms with Gasteiger partial charge in [-0.05, 0) is 37.5 Å². The van der Waals surface area contributed by atoms with Gasteiger partial charge in [-0.2, -0.15) is 5.26 Å². The Morgan fingerprint density at radius 1 is 1.35 bits per heavy atom. The topological polar surface area (TPSA) is 73.3 Å². The first kappa shape index (κ1) is 13.3. The third-order valence-electron chi connectivity index (χ3n) is 4.93. The predicted molar refractivity (Wildman–Crippen MR) is 79.3 cm³/mol. The molecule has 4 nitrogen and oxygen atoms in total. The average Bonchev–Trinajstić information content (AvgIpc) is 2.47. The van der Waals surface area contributed by atoms with E-state index >= 15 is 0 Å². The number of nitrogens with zero attached hydrogens (tertiary/aromatic N) is 2. The highest BCUT2D eigenvalue weighted by molar-refractivity contribution is 5.70. The number of nitrogen functional groups attached to an aromatic ring is 1. The van der Waals surface area contributed by atoms with Gasteiger partial charge in [0, 0.05) is 19.0 Å². The zero-order chi connectivity index (χ0) is 14.2. The number of hydrogen-bond donors (Lipinski definition) is 2. The van der Waals surface area contributed by atoms with Gasteiger partial charge in [-0.1, -0.05) is 12.8 Å². The van der Waals surface area contributed by atoms with Crippen LogP contribution < -0.4 is 10.6 Å². The number of aliphatic hydroxyl groups is 1. The van der Waals surface area contributed by atoms with Crippen molar-refractivity contribution in [2.75, 3.05) is 23.7 Å². The van der Waals surface area contributed by atoms with Crippen LogP contribution in [0.3, 0.4) is 0 Å². The number of fused-ring (bicyclic) bond motifs is 1. The van der Waals surface area contributed by atoms with Gasteiger partial charge < -0.3 is 15.7 Å². The minimum Gasteiger partial charge on any atom is -0.397 e. The summed E-state index contributed by atoms with van der Waals surface area (Å²) in [5.41, 5.74) is 7.88. The minimum absolute atomic E-state index is 0.329. The quantitative estimate of drug-likeness (QED) is 0.768. The van der Waals surface area contributed by atoms with E-state index in [0.29, 0.717) is 17.2 Å². The molecule has 1 aromatic carbocycles. The summed E-state index contributed by atoms with van der Waals surface area (Å²) in [7, 11) is 0. The number of anilines is 2. The van der Waals surface area contributed by atoms with Gasteiger partial charge in [0.05, 0.1) is 28.6 Å². The molecule has 3 N–H and O–H groups in total. The second kappa shape index (κ2) is 4.99. The molecule has 0 bridgehead atoms. The monoisotopic (exact) mass is 271 g/mol. The van der Waals surface area contributed by atoms with Crippen molar-refractivity contribution in [2.24, 2.45) is 5.92 Å². The maximum Gasteiger partial charge on any atom is 0.0992 e. The Balaban J connectivity index is 1.84. The number of benzene rings is 1. The third-order valence-corrected chi connectivity index (χ3v) is 4.93. The van der Waals surface area contributed by atoms with Crippen molar-refractivity contribution in [1.82, 2.24) is 0 Å². The van der Waals surface area contributed by atoms with Gasteiger partial charge in [-0.25, -0.2) is 0 Å². The molecule has 20 heavy (non-hydrogen) atoms. The molecular formula is C16H21N3O. The van der Waals surface area contributed by atoms with Crippen LogP contribution >= 0.6 is 0 Å². The predicted octanol–water partition coefficient (Wildman–Crippen LogP) is 2.27. The van der Waals surface area contributed by atoms with Gasteiger partial charge >= 0.3 is 0 Å². The molecule has 4 heteroatoms. The van der Waals surface area contributed by atoms with E-state index in [1.54, 1.807) is 12.1 Å². The summed E-state index contributed by atoms with van der Waals surface area (Å²) in [5, 5.41) is 19.7. The number of rotatable bonds is 1. The lowest BCUT2D eigenvalue weighted by Gasteiger charge is -2.48. The summed E-state index contributed by atoms with van der Waals surface area (Å²) >= 11 is 0. The normalized spacial score (nSPS) is 29.6. The molecule has 1 saturated heterocycles. The fraction of sp³-hybridized carbons (Fsp3) is 0.562. The van der Waals surface area contributed by atoms with Crippen molar-refractivity contribution < 1.29 is 5.11 Å². The van der Waals surface area contributed by atoms with Crippen LogP contribution in [0.4, 0.5) is 11.4 Å². The van der Waals surface area contributed by atoms with Crippen LogP contribution in [0.1, 0.15) is 37.7 Å². The molecule has 2 unspecified atom stereocenters. The first-order chi connectivity index (χ1) is 9.62. The van der Waals surface area contributed by atoms with Gasteiger partial charge in [0.2, 0.25) is 0 Å². The first-order valence-electron chi connectivity index (χ1n) is 7.39. The summed E-state index contributed by atoms with van der Waals surface area (Å²) in [4.78, 5) is 2.24. The molecule has 106 valence electrons. The van der Waals surface area contributed by atoms with Gasteiger partial charge in [-0.3, -0.25) is 0 Å². The molecule has 3 rings (SSSR count). The highest BCUT2D eigenvalue weighted by Gasteiger charge is 2.42. The van der Waals surface area contributed by atoms with Crippen molar-refractivity contribution in [3.8, 4) is 6.07 Å².